The normalized spacial score (nSPS) is 25.6. The van der Waals surface area contributed by atoms with Crippen molar-refractivity contribution in [2.24, 2.45) is 0 Å². The Morgan fingerprint density at radius 2 is 1.76 bits per heavy atom. The summed E-state index contributed by atoms with van der Waals surface area (Å²) < 4.78 is 5.85. The molecule has 3 aromatic rings. The first kappa shape index (κ1) is 21.4. The third kappa shape index (κ3) is 3.53. The highest BCUT2D eigenvalue weighted by Gasteiger charge is 2.67. The van der Waals surface area contributed by atoms with Crippen LogP contribution < -0.4 is 15.4 Å². The number of halogens is 1. The number of nitro groups is 1. The molecule has 1 fully saturated rings. The van der Waals surface area contributed by atoms with Crippen molar-refractivity contribution in [3.05, 3.63) is 105 Å². The summed E-state index contributed by atoms with van der Waals surface area (Å²) in [6, 6.07) is 20.4. The molecule has 5 rings (SSSR count). The number of hydrogen-bond donors (Lipinski definition) is 2. The number of fused-ring (bicyclic) bond motifs is 2. The van der Waals surface area contributed by atoms with Crippen LogP contribution in [0.2, 0.25) is 5.02 Å². The minimum atomic E-state index is -1.41. The highest BCUT2D eigenvalue weighted by Crippen LogP contribution is 2.49. The van der Waals surface area contributed by atoms with E-state index < -0.39 is 17.5 Å². The molecule has 7 nitrogen and oxygen atoms in total. The smallest absolute Gasteiger partial charge is 0.256 e. The van der Waals surface area contributed by atoms with E-state index in [0.29, 0.717) is 28.6 Å². The fourth-order valence-electron chi connectivity index (χ4n) is 5.09. The van der Waals surface area contributed by atoms with Gasteiger partial charge in [0.1, 0.15) is 12.4 Å². The second kappa shape index (κ2) is 8.17. The average molecular weight is 464 g/mol. The fourth-order valence-corrected chi connectivity index (χ4v) is 5.21. The van der Waals surface area contributed by atoms with Crippen molar-refractivity contribution in [1.82, 2.24) is 5.32 Å². The number of nitrogens with one attached hydrogen (secondary N) is 2. The van der Waals surface area contributed by atoms with Gasteiger partial charge in [-0.15, -0.1) is 0 Å². The molecule has 33 heavy (non-hydrogen) atoms. The Balaban J connectivity index is 1.42. The minimum Gasteiger partial charge on any atom is -0.489 e. The fraction of sp³-hybridized carbons (Fsp3) is 0.240. The van der Waals surface area contributed by atoms with E-state index in [1.165, 1.54) is 0 Å². The Morgan fingerprint density at radius 1 is 1.06 bits per heavy atom. The lowest BCUT2D eigenvalue weighted by molar-refractivity contribution is -0.532. The van der Waals surface area contributed by atoms with Gasteiger partial charge in [0.2, 0.25) is 0 Å². The summed E-state index contributed by atoms with van der Waals surface area (Å²) in [5, 5.41) is 19.1. The first-order valence-electron chi connectivity index (χ1n) is 10.7. The number of hydrogen-bond acceptors (Lipinski definition) is 5. The molecule has 0 bridgehead atoms. The zero-order valence-electron chi connectivity index (χ0n) is 17.8. The molecule has 2 heterocycles. The summed E-state index contributed by atoms with van der Waals surface area (Å²) in [4.78, 5) is 25.1. The Bertz CT molecular complexity index is 1220. The highest BCUT2D eigenvalue weighted by molar-refractivity contribution is 6.30. The summed E-state index contributed by atoms with van der Waals surface area (Å²) in [6.45, 7) is 2.27. The van der Waals surface area contributed by atoms with Gasteiger partial charge in [0.25, 0.3) is 11.9 Å². The summed E-state index contributed by atoms with van der Waals surface area (Å²) in [5.74, 6) is -0.228. The molecule has 0 unspecified atom stereocenters. The Morgan fingerprint density at radius 3 is 2.45 bits per heavy atom. The van der Waals surface area contributed by atoms with Crippen LogP contribution in [-0.4, -0.2) is 22.9 Å². The molecule has 0 aromatic heterocycles. The standard InChI is InChI=1S/C25H22ClN3O4/c1-15-22(17-8-12-19(13-9-17)33-14-16-6-10-18(26)11-7-16)23(29(31)32)25(28-15)20-4-2-3-5-21(20)27-24(25)30/h2-13,15,22-23,28H,14H2,1H3,(H,27,30)/t15-,22-,23+,25-/m0/s1. The minimum absolute atomic E-state index is 0.293. The molecule has 8 heteroatoms. The first-order valence-corrected chi connectivity index (χ1v) is 11.1. The largest absolute Gasteiger partial charge is 0.489 e. The molecule has 3 aromatic carbocycles. The third-order valence-electron chi connectivity index (χ3n) is 6.55. The number of para-hydroxylation sites is 1. The lowest BCUT2D eigenvalue weighted by Gasteiger charge is -2.25. The van der Waals surface area contributed by atoms with Crippen molar-refractivity contribution in [1.29, 1.82) is 0 Å². The van der Waals surface area contributed by atoms with Crippen LogP contribution >= 0.6 is 11.6 Å². The maximum absolute atomic E-state index is 13.1. The van der Waals surface area contributed by atoms with Crippen molar-refractivity contribution in [2.45, 2.75) is 37.1 Å². The Labute approximate surface area is 195 Å². The van der Waals surface area contributed by atoms with Gasteiger partial charge in [-0.3, -0.25) is 20.2 Å². The van der Waals surface area contributed by atoms with Gasteiger partial charge in [0, 0.05) is 27.2 Å². The van der Waals surface area contributed by atoms with Crippen LogP contribution in [0.5, 0.6) is 5.75 Å². The number of carbonyl (C=O) groups excluding carboxylic acids is 1. The number of amides is 1. The summed E-state index contributed by atoms with van der Waals surface area (Å²) in [5.41, 5.74) is 1.59. The van der Waals surface area contributed by atoms with Crippen LogP contribution in [0.1, 0.15) is 29.5 Å². The van der Waals surface area contributed by atoms with E-state index >= 15 is 0 Å². The van der Waals surface area contributed by atoms with Crippen LogP contribution in [0.25, 0.3) is 0 Å². The van der Waals surface area contributed by atoms with Crippen LogP contribution in [-0.2, 0) is 16.9 Å². The number of benzene rings is 3. The summed E-state index contributed by atoms with van der Waals surface area (Å²) in [6.07, 6.45) is 0. The molecule has 168 valence electrons. The zero-order valence-corrected chi connectivity index (χ0v) is 18.6. The molecule has 0 saturated carbocycles. The molecular formula is C25H22ClN3O4. The van der Waals surface area contributed by atoms with Crippen LogP contribution in [0.4, 0.5) is 5.69 Å². The van der Waals surface area contributed by atoms with Crippen molar-refractivity contribution >= 4 is 23.2 Å². The van der Waals surface area contributed by atoms with Crippen molar-refractivity contribution < 1.29 is 14.5 Å². The van der Waals surface area contributed by atoms with E-state index in [2.05, 4.69) is 10.6 Å². The Hall–Kier alpha value is -3.42. The van der Waals surface area contributed by atoms with Crippen molar-refractivity contribution in [3.63, 3.8) is 0 Å². The van der Waals surface area contributed by atoms with Crippen LogP contribution in [0.3, 0.4) is 0 Å². The van der Waals surface area contributed by atoms with Gasteiger partial charge in [-0.25, -0.2) is 0 Å². The first-order chi connectivity index (χ1) is 15.9. The van der Waals surface area contributed by atoms with Gasteiger partial charge in [0.05, 0.1) is 5.92 Å². The highest BCUT2D eigenvalue weighted by atomic mass is 35.5. The number of nitrogens with zero attached hydrogens (tertiary/aromatic N) is 1. The topological polar surface area (TPSA) is 93.5 Å². The van der Waals surface area contributed by atoms with Crippen LogP contribution in [0.15, 0.2) is 72.8 Å². The maximum Gasteiger partial charge on any atom is 0.256 e. The maximum atomic E-state index is 13.1. The van der Waals surface area contributed by atoms with Gasteiger partial charge in [-0.1, -0.05) is 54.1 Å². The van der Waals surface area contributed by atoms with Gasteiger partial charge in [-0.2, -0.15) is 0 Å². The predicted molar refractivity (Wildman–Crippen MR) is 125 cm³/mol. The lowest BCUT2D eigenvalue weighted by atomic mass is 9.78. The number of rotatable bonds is 5. The van der Waals surface area contributed by atoms with E-state index in [9.17, 15) is 14.9 Å². The van der Waals surface area contributed by atoms with Crippen molar-refractivity contribution in [3.8, 4) is 5.75 Å². The second-order valence-electron chi connectivity index (χ2n) is 8.48. The van der Waals surface area contributed by atoms with Crippen molar-refractivity contribution in [2.75, 3.05) is 5.32 Å². The molecule has 2 aliphatic rings. The number of ether oxygens (including phenoxy) is 1. The zero-order chi connectivity index (χ0) is 23.2. The molecule has 2 aliphatic heterocycles. The van der Waals surface area contributed by atoms with E-state index in [1.54, 1.807) is 24.3 Å². The third-order valence-corrected chi connectivity index (χ3v) is 6.80. The summed E-state index contributed by atoms with van der Waals surface area (Å²) >= 11 is 5.92. The molecule has 2 N–H and O–H groups in total. The molecule has 1 spiro atoms. The van der Waals surface area contributed by atoms with E-state index in [1.807, 2.05) is 55.5 Å². The molecule has 4 atom stereocenters. The molecule has 1 amide bonds. The summed E-state index contributed by atoms with van der Waals surface area (Å²) in [7, 11) is 0. The predicted octanol–water partition coefficient (Wildman–Crippen LogP) is 4.49. The SMILES string of the molecule is C[C@@H]1N[C@]2(C(=O)Nc3ccccc32)[C@H]([N+](=O)[O-])[C@@H]1c1ccc(OCc2ccc(Cl)cc2)cc1. The van der Waals surface area contributed by atoms with Gasteiger partial charge in [-0.05, 0) is 48.4 Å². The van der Waals surface area contributed by atoms with Crippen LogP contribution in [0, 0.1) is 10.1 Å². The second-order valence-corrected chi connectivity index (χ2v) is 8.92. The van der Waals surface area contributed by atoms with Gasteiger partial charge in [0.15, 0.2) is 5.54 Å². The number of anilines is 1. The monoisotopic (exact) mass is 463 g/mol. The average Bonchev–Trinajstić information content (AvgIpc) is 3.27. The van der Waals surface area contributed by atoms with E-state index in [0.717, 1.165) is 11.1 Å². The molecule has 1 saturated heterocycles. The molecule has 0 aliphatic carbocycles. The number of carbonyl (C=O) groups is 1. The van der Waals surface area contributed by atoms with Gasteiger partial charge >= 0.3 is 0 Å². The van der Waals surface area contributed by atoms with E-state index in [-0.39, 0.29) is 16.9 Å². The molecular weight excluding hydrogens is 442 g/mol. The molecule has 0 radical (unpaired) electrons. The lowest BCUT2D eigenvalue weighted by Crippen LogP contribution is -2.54. The van der Waals surface area contributed by atoms with E-state index in [4.69, 9.17) is 16.3 Å². The van der Waals surface area contributed by atoms with Gasteiger partial charge < -0.3 is 10.1 Å². The quantitative estimate of drug-likeness (QED) is 0.429. The Kier molecular flexibility index (Phi) is 5.31.